The zero-order valence-electron chi connectivity index (χ0n) is 12.6. The summed E-state index contributed by atoms with van der Waals surface area (Å²) in [5.74, 6) is -0.874. The highest BCUT2D eigenvalue weighted by Gasteiger charge is 2.16. The normalized spacial score (nSPS) is 11.9. The predicted octanol–water partition coefficient (Wildman–Crippen LogP) is 4.75. The number of hydrogen-bond acceptors (Lipinski definition) is 5. The van der Waals surface area contributed by atoms with Gasteiger partial charge in [0.2, 0.25) is 0 Å². The van der Waals surface area contributed by atoms with Crippen molar-refractivity contribution in [3.05, 3.63) is 47.8 Å². The summed E-state index contributed by atoms with van der Waals surface area (Å²) >= 11 is 18.2. The number of halogens is 3. The number of rotatable bonds is 3. The van der Waals surface area contributed by atoms with Gasteiger partial charge in [0.25, 0.3) is 5.91 Å². The maximum absolute atomic E-state index is 12.4. The average Bonchev–Trinajstić information content (AvgIpc) is 3.11. The molecule has 25 heavy (non-hydrogen) atoms. The van der Waals surface area contributed by atoms with Gasteiger partial charge in [0, 0.05) is 5.02 Å². The number of nitrogens with zero attached hydrogens (tertiary/aromatic N) is 2. The third-order valence-electron chi connectivity index (χ3n) is 3.19. The molecule has 130 valence electrons. The van der Waals surface area contributed by atoms with Gasteiger partial charge in [-0.1, -0.05) is 34.5 Å². The fourth-order valence-corrected chi connectivity index (χ4v) is 5.21. The van der Waals surface area contributed by atoms with Crippen molar-refractivity contribution in [3.8, 4) is 0 Å². The molecule has 10 heteroatoms. The summed E-state index contributed by atoms with van der Waals surface area (Å²) in [6.45, 7) is -0.113. The fourth-order valence-electron chi connectivity index (χ4n) is 2.13. The van der Waals surface area contributed by atoms with Crippen LogP contribution in [0.15, 0.2) is 33.0 Å². The van der Waals surface area contributed by atoms with Gasteiger partial charge in [-0.25, -0.2) is 0 Å². The highest BCUT2D eigenvalue weighted by molar-refractivity contribution is 9.11. The number of esters is 1. The number of hydrogen-bond donors (Lipinski definition) is 0. The summed E-state index contributed by atoms with van der Waals surface area (Å²) in [4.78, 5) is 29.2. The van der Waals surface area contributed by atoms with Crippen molar-refractivity contribution < 1.29 is 14.3 Å². The van der Waals surface area contributed by atoms with Gasteiger partial charge in [-0.05, 0) is 40.2 Å². The molecule has 2 aromatic heterocycles. The second kappa shape index (κ2) is 7.59. The minimum atomic E-state index is -0.474. The molecule has 0 spiro atoms. The Kier molecular flexibility index (Phi) is 5.65. The Balaban J connectivity index is 2.20. The molecule has 1 amide bonds. The molecule has 5 nitrogen and oxygen atoms in total. The third-order valence-corrected chi connectivity index (χ3v) is 6.33. The van der Waals surface area contributed by atoms with Crippen LogP contribution >= 0.6 is 61.8 Å². The van der Waals surface area contributed by atoms with E-state index in [0.717, 1.165) is 8.49 Å². The highest BCUT2D eigenvalue weighted by atomic mass is 79.9. The molecular formula is C15H9BrCl2N2O3S2. The van der Waals surface area contributed by atoms with Gasteiger partial charge in [0.15, 0.2) is 4.80 Å². The van der Waals surface area contributed by atoms with E-state index in [1.54, 1.807) is 28.8 Å². The molecule has 0 fully saturated rings. The number of thiazole rings is 1. The number of carbonyl (C=O) groups excluding carboxylic acids is 2. The van der Waals surface area contributed by atoms with Gasteiger partial charge in [-0.2, -0.15) is 4.99 Å². The lowest BCUT2D eigenvalue weighted by Crippen LogP contribution is -2.22. The predicted molar refractivity (Wildman–Crippen MR) is 104 cm³/mol. The number of amides is 1. The topological polar surface area (TPSA) is 60.7 Å². The van der Waals surface area contributed by atoms with Crippen molar-refractivity contribution in [1.29, 1.82) is 0 Å². The molecule has 0 aliphatic heterocycles. The first-order valence-electron chi connectivity index (χ1n) is 6.78. The Morgan fingerprint density at radius 1 is 1.28 bits per heavy atom. The van der Waals surface area contributed by atoms with Crippen molar-refractivity contribution in [2.75, 3.05) is 7.11 Å². The van der Waals surface area contributed by atoms with Crippen LogP contribution in [-0.4, -0.2) is 23.6 Å². The van der Waals surface area contributed by atoms with E-state index in [9.17, 15) is 9.59 Å². The lowest BCUT2D eigenvalue weighted by Gasteiger charge is -2.05. The van der Waals surface area contributed by atoms with Gasteiger partial charge in [0.05, 0.1) is 31.0 Å². The number of methoxy groups -OCH3 is 1. The van der Waals surface area contributed by atoms with Gasteiger partial charge in [-0.15, -0.1) is 11.3 Å². The summed E-state index contributed by atoms with van der Waals surface area (Å²) < 4.78 is 7.85. The van der Waals surface area contributed by atoms with Crippen molar-refractivity contribution in [1.82, 2.24) is 4.57 Å². The van der Waals surface area contributed by atoms with Crippen molar-refractivity contribution in [3.63, 3.8) is 0 Å². The zero-order chi connectivity index (χ0) is 18.1. The van der Waals surface area contributed by atoms with Crippen LogP contribution in [0, 0.1) is 0 Å². The number of ether oxygens (including phenoxy) is 1. The zero-order valence-corrected chi connectivity index (χ0v) is 17.3. The molecule has 0 saturated carbocycles. The van der Waals surface area contributed by atoms with Gasteiger partial charge >= 0.3 is 5.97 Å². The molecule has 0 aliphatic rings. The molecule has 0 bridgehead atoms. The van der Waals surface area contributed by atoms with E-state index >= 15 is 0 Å². The highest BCUT2D eigenvalue weighted by Crippen LogP contribution is 2.30. The second-order valence-corrected chi connectivity index (χ2v) is 9.12. The summed E-state index contributed by atoms with van der Waals surface area (Å²) in [5, 5.41) is 0.833. The summed E-state index contributed by atoms with van der Waals surface area (Å²) in [6, 6.07) is 6.75. The van der Waals surface area contributed by atoms with Gasteiger partial charge < -0.3 is 9.30 Å². The molecule has 2 heterocycles. The Labute approximate surface area is 168 Å². The Hall–Kier alpha value is -1.19. The maximum atomic E-state index is 12.4. The van der Waals surface area contributed by atoms with E-state index in [2.05, 4.69) is 20.9 Å². The first kappa shape index (κ1) is 18.6. The van der Waals surface area contributed by atoms with E-state index < -0.39 is 11.9 Å². The molecule has 0 N–H and O–H groups in total. The summed E-state index contributed by atoms with van der Waals surface area (Å²) in [6.07, 6.45) is 0. The minimum Gasteiger partial charge on any atom is -0.468 e. The molecule has 0 radical (unpaired) electrons. The molecule has 3 aromatic rings. The minimum absolute atomic E-state index is 0.113. The van der Waals surface area contributed by atoms with Gasteiger partial charge in [0.1, 0.15) is 6.54 Å². The Morgan fingerprint density at radius 2 is 2.04 bits per heavy atom. The van der Waals surface area contributed by atoms with E-state index in [1.165, 1.54) is 29.8 Å². The third kappa shape index (κ3) is 3.98. The van der Waals surface area contributed by atoms with Gasteiger partial charge in [-0.3, -0.25) is 9.59 Å². The summed E-state index contributed by atoms with van der Waals surface area (Å²) in [7, 11) is 1.29. The Bertz CT molecular complexity index is 1050. The number of benzene rings is 1. The molecule has 0 unspecified atom stereocenters. The first-order chi connectivity index (χ1) is 11.9. The number of aromatic nitrogens is 1. The SMILES string of the molecule is COC(=O)Cn1c(=NC(=O)c2ccc(Br)s2)sc2cc(Cl)cc(Cl)c21. The quantitative estimate of drug-likeness (QED) is 0.509. The average molecular weight is 480 g/mol. The fraction of sp³-hybridized carbons (Fsp3) is 0.133. The van der Waals surface area contributed by atoms with Crippen LogP contribution in [-0.2, 0) is 16.1 Å². The molecule has 0 saturated heterocycles. The van der Waals surface area contributed by atoms with E-state index in [0.29, 0.717) is 25.2 Å². The standard InChI is InChI=1S/C15H9BrCl2N2O3S2/c1-23-12(21)6-20-13-8(18)4-7(17)5-10(13)25-15(20)19-14(22)9-2-3-11(16)24-9/h2-5H,6H2,1H3. The van der Waals surface area contributed by atoms with E-state index in [1.807, 2.05) is 0 Å². The van der Waals surface area contributed by atoms with Crippen LogP contribution in [0.2, 0.25) is 10.0 Å². The largest absolute Gasteiger partial charge is 0.468 e. The van der Waals surface area contributed by atoms with Crippen LogP contribution in [0.1, 0.15) is 9.67 Å². The smallest absolute Gasteiger partial charge is 0.325 e. The molecule has 1 aromatic carbocycles. The molecule has 3 rings (SSSR count). The lowest BCUT2D eigenvalue weighted by molar-refractivity contribution is -0.141. The van der Waals surface area contributed by atoms with Crippen LogP contribution in [0.4, 0.5) is 0 Å². The van der Waals surface area contributed by atoms with E-state index in [-0.39, 0.29) is 6.54 Å². The maximum Gasteiger partial charge on any atom is 0.325 e. The van der Waals surface area contributed by atoms with Crippen molar-refractivity contribution in [2.45, 2.75) is 6.54 Å². The second-order valence-electron chi connectivity index (χ2n) is 4.80. The van der Waals surface area contributed by atoms with Crippen LogP contribution in [0.25, 0.3) is 10.2 Å². The van der Waals surface area contributed by atoms with Crippen molar-refractivity contribution in [2.24, 2.45) is 4.99 Å². The van der Waals surface area contributed by atoms with Crippen LogP contribution in [0.3, 0.4) is 0 Å². The molecular weight excluding hydrogens is 471 g/mol. The lowest BCUT2D eigenvalue weighted by atomic mass is 10.3. The number of fused-ring (bicyclic) bond motifs is 1. The monoisotopic (exact) mass is 478 g/mol. The number of carbonyl (C=O) groups is 2. The number of thiophene rings is 1. The summed E-state index contributed by atoms with van der Waals surface area (Å²) in [5.41, 5.74) is 0.584. The van der Waals surface area contributed by atoms with E-state index in [4.69, 9.17) is 27.9 Å². The van der Waals surface area contributed by atoms with Crippen LogP contribution < -0.4 is 4.80 Å². The molecule has 0 aliphatic carbocycles. The molecule has 0 atom stereocenters. The Morgan fingerprint density at radius 3 is 2.68 bits per heavy atom. The van der Waals surface area contributed by atoms with Crippen LogP contribution in [0.5, 0.6) is 0 Å². The van der Waals surface area contributed by atoms with Crippen molar-refractivity contribution >= 4 is 83.9 Å². The first-order valence-corrected chi connectivity index (χ1v) is 9.97.